The molecule has 1 aliphatic rings. The first-order valence-corrected chi connectivity index (χ1v) is 7.74. The van der Waals surface area contributed by atoms with Gasteiger partial charge in [-0.1, -0.05) is 6.07 Å². The summed E-state index contributed by atoms with van der Waals surface area (Å²) < 4.78 is 31.7. The average Bonchev–Trinajstić information content (AvgIpc) is 3.02. The van der Waals surface area contributed by atoms with Crippen molar-refractivity contribution < 1.29 is 18.3 Å². The highest BCUT2D eigenvalue weighted by molar-refractivity contribution is 5.94. The summed E-state index contributed by atoms with van der Waals surface area (Å²) in [6.07, 6.45) is 1.72. The standard InChI is InChI=1S/C18H18F2N2O2/c1-24-11-13-9-22(10-14(13)17-4-2-3-7-21-17)18(23)12-5-6-15(19)16(20)8-12/h2-8,13-14H,9-11H2,1H3/t13-,14+/m0/s1. The fourth-order valence-corrected chi connectivity index (χ4v) is 3.16. The highest BCUT2D eigenvalue weighted by atomic mass is 19.2. The molecule has 0 aliphatic carbocycles. The Morgan fingerprint density at radius 1 is 1.25 bits per heavy atom. The predicted molar refractivity (Wildman–Crippen MR) is 84.6 cm³/mol. The second-order valence-electron chi connectivity index (χ2n) is 5.92. The molecule has 4 nitrogen and oxygen atoms in total. The monoisotopic (exact) mass is 332 g/mol. The number of amides is 1. The van der Waals surface area contributed by atoms with Gasteiger partial charge in [0.2, 0.25) is 0 Å². The van der Waals surface area contributed by atoms with Gasteiger partial charge in [-0.15, -0.1) is 0 Å². The number of hydrogen-bond donors (Lipinski definition) is 0. The van der Waals surface area contributed by atoms with Crippen LogP contribution in [0.2, 0.25) is 0 Å². The molecule has 1 aromatic carbocycles. The molecule has 24 heavy (non-hydrogen) atoms. The number of ether oxygens (including phenoxy) is 1. The lowest BCUT2D eigenvalue weighted by atomic mass is 9.93. The minimum atomic E-state index is -1.02. The van der Waals surface area contributed by atoms with Crippen LogP contribution in [0.25, 0.3) is 0 Å². The summed E-state index contributed by atoms with van der Waals surface area (Å²) in [5.41, 5.74) is 1.05. The molecule has 0 saturated carbocycles. The summed E-state index contributed by atoms with van der Waals surface area (Å²) >= 11 is 0. The van der Waals surface area contributed by atoms with E-state index in [0.29, 0.717) is 19.7 Å². The Morgan fingerprint density at radius 2 is 2.08 bits per heavy atom. The van der Waals surface area contributed by atoms with Crippen molar-refractivity contribution in [3.63, 3.8) is 0 Å². The van der Waals surface area contributed by atoms with E-state index in [9.17, 15) is 13.6 Å². The molecular formula is C18H18F2N2O2. The number of likely N-dealkylation sites (tertiary alicyclic amines) is 1. The largest absolute Gasteiger partial charge is 0.384 e. The summed E-state index contributed by atoms with van der Waals surface area (Å²) in [4.78, 5) is 18.6. The van der Waals surface area contributed by atoms with Gasteiger partial charge in [0.05, 0.1) is 6.61 Å². The number of aromatic nitrogens is 1. The first-order valence-electron chi connectivity index (χ1n) is 7.74. The summed E-state index contributed by atoms with van der Waals surface area (Å²) in [6.45, 7) is 1.47. The van der Waals surface area contributed by atoms with E-state index in [0.717, 1.165) is 17.8 Å². The number of halogens is 2. The van der Waals surface area contributed by atoms with Gasteiger partial charge in [-0.2, -0.15) is 0 Å². The molecule has 1 saturated heterocycles. The van der Waals surface area contributed by atoms with Gasteiger partial charge in [0.15, 0.2) is 11.6 Å². The normalized spacial score (nSPS) is 20.4. The maximum atomic E-state index is 13.4. The number of hydrogen-bond acceptors (Lipinski definition) is 3. The number of nitrogens with zero attached hydrogens (tertiary/aromatic N) is 2. The van der Waals surface area contributed by atoms with Crippen molar-refractivity contribution in [1.29, 1.82) is 0 Å². The molecule has 126 valence electrons. The highest BCUT2D eigenvalue weighted by Gasteiger charge is 2.37. The van der Waals surface area contributed by atoms with Gasteiger partial charge >= 0.3 is 0 Å². The van der Waals surface area contributed by atoms with Crippen LogP contribution in [-0.2, 0) is 4.74 Å². The zero-order valence-electron chi connectivity index (χ0n) is 13.3. The Balaban J connectivity index is 1.82. The van der Waals surface area contributed by atoms with E-state index < -0.39 is 11.6 Å². The summed E-state index contributed by atoms with van der Waals surface area (Å²) in [5.74, 6) is -2.13. The number of pyridine rings is 1. The number of rotatable bonds is 4. The van der Waals surface area contributed by atoms with Crippen LogP contribution in [0.4, 0.5) is 8.78 Å². The minimum Gasteiger partial charge on any atom is -0.384 e. The van der Waals surface area contributed by atoms with Gasteiger partial charge in [0, 0.05) is 49.5 Å². The van der Waals surface area contributed by atoms with Crippen molar-refractivity contribution in [2.24, 2.45) is 5.92 Å². The third-order valence-corrected chi connectivity index (χ3v) is 4.34. The number of carbonyl (C=O) groups excluding carboxylic acids is 1. The molecule has 1 amide bonds. The first-order chi connectivity index (χ1) is 11.6. The molecule has 2 aromatic rings. The van der Waals surface area contributed by atoms with E-state index in [1.54, 1.807) is 18.2 Å². The lowest BCUT2D eigenvalue weighted by molar-refractivity contribution is 0.0775. The van der Waals surface area contributed by atoms with E-state index >= 15 is 0 Å². The molecule has 0 bridgehead atoms. The average molecular weight is 332 g/mol. The van der Waals surface area contributed by atoms with Gasteiger partial charge < -0.3 is 9.64 Å². The van der Waals surface area contributed by atoms with E-state index in [1.165, 1.54) is 6.07 Å². The van der Waals surface area contributed by atoms with E-state index in [2.05, 4.69) is 4.98 Å². The van der Waals surface area contributed by atoms with Crippen molar-refractivity contribution in [3.8, 4) is 0 Å². The van der Waals surface area contributed by atoms with Crippen LogP contribution in [0.5, 0.6) is 0 Å². The van der Waals surface area contributed by atoms with Crippen LogP contribution in [0, 0.1) is 17.6 Å². The zero-order valence-corrected chi connectivity index (χ0v) is 13.3. The van der Waals surface area contributed by atoms with Crippen molar-refractivity contribution in [2.75, 3.05) is 26.8 Å². The molecule has 2 atom stereocenters. The molecule has 0 radical (unpaired) electrons. The molecule has 0 N–H and O–H groups in total. The molecule has 6 heteroatoms. The van der Waals surface area contributed by atoms with Gasteiger partial charge in [-0.05, 0) is 30.3 Å². The fraction of sp³-hybridized carbons (Fsp3) is 0.333. The quantitative estimate of drug-likeness (QED) is 0.865. The Hall–Kier alpha value is -2.34. The number of methoxy groups -OCH3 is 1. The lowest BCUT2D eigenvalue weighted by Crippen LogP contribution is -2.29. The van der Waals surface area contributed by atoms with Crippen molar-refractivity contribution in [3.05, 3.63) is 65.5 Å². The predicted octanol–water partition coefficient (Wildman–Crippen LogP) is 2.86. The topological polar surface area (TPSA) is 42.4 Å². The minimum absolute atomic E-state index is 0.0559. The summed E-state index contributed by atoms with van der Waals surface area (Å²) in [6, 6.07) is 8.90. The smallest absolute Gasteiger partial charge is 0.253 e. The van der Waals surface area contributed by atoms with E-state index in [-0.39, 0.29) is 23.3 Å². The Kier molecular flexibility index (Phi) is 4.85. The molecule has 0 unspecified atom stereocenters. The Bertz CT molecular complexity index is 724. The molecule has 1 fully saturated rings. The summed E-state index contributed by atoms with van der Waals surface area (Å²) in [7, 11) is 1.62. The molecule has 3 rings (SSSR count). The molecule has 2 heterocycles. The van der Waals surface area contributed by atoms with Crippen LogP contribution in [0.15, 0.2) is 42.6 Å². The van der Waals surface area contributed by atoms with Crippen LogP contribution < -0.4 is 0 Å². The van der Waals surface area contributed by atoms with Crippen LogP contribution in [-0.4, -0.2) is 42.6 Å². The molecule has 1 aliphatic heterocycles. The molecule has 1 aromatic heterocycles. The zero-order chi connectivity index (χ0) is 17.1. The lowest BCUT2D eigenvalue weighted by Gasteiger charge is -2.16. The number of carbonyl (C=O) groups is 1. The van der Waals surface area contributed by atoms with Crippen LogP contribution >= 0.6 is 0 Å². The second-order valence-corrected chi connectivity index (χ2v) is 5.92. The third-order valence-electron chi connectivity index (χ3n) is 4.34. The van der Waals surface area contributed by atoms with E-state index in [1.807, 2.05) is 18.2 Å². The highest BCUT2D eigenvalue weighted by Crippen LogP contribution is 2.32. The van der Waals surface area contributed by atoms with Crippen LogP contribution in [0.3, 0.4) is 0 Å². The van der Waals surface area contributed by atoms with E-state index in [4.69, 9.17) is 4.74 Å². The second kappa shape index (κ2) is 7.05. The van der Waals surface area contributed by atoms with Crippen molar-refractivity contribution in [2.45, 2.75) is 5.92 Å². The maximum Gasteiger partial charge on any atom is 0.253 e. The SMILES string of the molecule is COC[C@@H]1CN(C(=O)c2ccc(F)c(F)c2)C[C@H]1c1ccccn1. The van der Waals surface area contributed by atoms with Crippen LogP contribution in [0.1, 0.15) is 22.0 Å². The van der Waals surface area contributed by atoms with Crippen molar-refractivity contribution in [1.82, 2.24) is 9.88 Å². The first kappa shape index (κ1) is 16.5. The molecular weight excluding hydrogens is 314 g/mol. The summed E-state index contributed by atoms with van der Waals surface area (Å²) in [5, 5.41) is 0. The Morgan fingerprint density at radius 3 is 2.75 bits per heavy atom. The van der Waals surface area contributed by atoms with Gasteiger partial charge in [0.1, 0.15) is 0 Å². The molecule has 0 spiro atoms. The van der Waals surface area contributed by atoms with Gasteiger partial charge in [-0.25, -0.2) is 8.78 Å². The third kappa shape index (κ3) is 3.28. The fourth-order valence-electron chi connectivity index (χ4n) is 3.16. The van der Waals surface area contributed by atoms with Gasteiger partial charge in [-0.3, -0.25) is 9.78 Å². The maximum absolute atomic E-state index is 13.4. The Labute approximate surface area is 139 Å². The number of benzene rings is 1. The van der Waals surface area contributed by atoms with Gasteiger partial charge in [0.25, 0.3) is 5.91 Å². The van der Waals surface area contributed by atoms with Crippen molar-refractivity contribution >= 4 is 5.91 Å².